The molecule has 1 rings (SSSR count). The van der Waals surface area contributed by atoms with Crippen LogP contribution in [0.1, 0.15) is 15.9 Å². The van der Waals surface area contributed by atoms with Gasteiger partial charge in [-0.15, -0.1) is 11.6 Å². The van der Waals surface area contributed by atoms with Gasteiger partial charge in [-0.2, -0.15) is 0 Å². The third-order valence-electron chi connectivity index (χ3n) is 1.42. The summed E-state index contributed by atoms with van der Waals surface area (Å²) in [5.41, 5.74) is 0.602. The van der Waals surface area contributed by atoms with Gasteiger partial charge < -0.3 is 0 Å². The monoisotopic (exact) mass is 196 g/mol. The Bertz CT molecular complexity index is 376. The first-order chi connectivity index (χ1) is 6.27. The van der Waals surface area contributed by atoms with Gasteiger partial charge in [-0.05, 0) is 18.2 Å². The van der Waals surface area contributed by atoms with Crippen molar-refractivity contribution in [3.05, 3.63) is 35.1 Å². The fourth-order valence-electron chi connectivity index (χ4n) is 0.841. The molecule has 0 bridgehead atoms. The van der Waals surface area contributed by atoms with E-state index in [1.807, 2.05) is 0 Å². The molecule has 66 valence electrons. The average molecular weight is 197 g/mol. The molecular weight excluding hydrogens is 191 g/mol. The fourth-order valence-corrected chi connectivity index (χ4v) is 0.907. The van der Waals surface area contributed by atoms with E-state index in [1.165, 1.54) is 18.2 Å². The largest absolute Gasteiger partial charge is 0.298 e. The maximum Gasteiger partial charge on any atom is 0.150 e. The van der Waals surface area contributed by atoms with Gasteiger partial charge in [0.05, 0.1) is 11.4 Å². The highest BCUT2D eigenvalue weighted by molar-refractivity contribution is 6.19. The lowest BCUT2D eigenvalue weighted by Gasteiger charge is -1.94. The molecule has 0 atom stereocenters. The van der Waals surface area contributed by atoms with Gasteiger partial charge in [-0.3, -0.25) is 4.79 Å². The molecule has 0 spiro atoms. The van der Waals surface area contributed by atoms with Crippen LogP contribution in [0.5, 0.6) is 0 Å². The van der Waals surface area contributed by atoms with E-state index < -0.39 is 5.82 Å². The van der Waals surface area contributed by atoms with Crippen molar-refractivity contribution in [2.24, 2.45) is 0 Å². The van der Waals surface area contributed by atoms with Crippen molar-refractivity contribution >= 4 is 17.9 Å². The number of hydrogen-bond acceptors (Lipinski definition) is 1. The van der Waals surface area contributed by atoms with Crippen molar-refractivity contribution in [3.63, 3.8) is 0 Å². The maximum absolute atomic E-state index is 13.0. The molecule has 13 heavy (non-hydrogen) atoms. The number of aldehydes is 1. The quantitative estimate of drug-likeness (QED) is 0.383. The van der Waals surface area contributed by atoms with Crippen LogP contribution in [0.4, 0.5) is 4.39 Å². The highest BCUT2D eigenvalue weighted by Crippen LogP contribution is 2.07. The molecule has 0 amide bonds. The summed E-state index contributed by atoms with van der Waals surface area (Å²) in [4.78, 5) is 10.3. The van der Waals surface area contributed by atoms with Crippen LogP contribution in [0.2, 0.25) is 0 Å². The van der Waals surface area contributed by atoms with Crippen molar-refractivity contribution in [2.45, 2.75) is 0 Å². The average Bonchev–Trinajstić information content (AvgIpc) is 2.17. The molecule has 0 aliphatic carbocycles. The summed E-state index contributed by atoms with van der Waals surface area (Å²) in [6.45, 7) is 0. The summed E-state index contributed by atoms with van der Waals surface area (Å²) in [6, 6.07) is 4.00. The van der Waals surface area contributed by atoms with E-state index in [2.05, 4.69) is 11.8 Å². The van der Waals surface area contributed by atoms with E-state index >= 15 is 0 Å². The fraction of sp³-hybridized carbons (Fsp3) is 0.100. The Hall–Kier alpha value is -1.33. The molecule has 0 saturated heterocycles. The molecule has 0 aliphatic rings. The first-order valence-corrected chi connectivity index (χ1v) is 4.11. The van der Waals surface area contributed by atoms with Gasteiger partial charge in [-0.25, -0.2) is 4.39 Å². The van der Waals surface area contributed by atoms with E-state index in [0.29, 0.717) is 11.8 Å². The summed E-state index contributed by atoms with van der Waals surface area (Å²) in [7, 11) is 0. The molecular formula is C10H6ClFO. The molecule has 3 heteroatoms. The summed E-state index contributed by atoms with van der Waals surface area (Å²) in [5, 5.41) is 0. The lowest BCUT2D eigenvalue weighted by Crippen LogP contribution is -1.87. The van der Waals surface area contributed by atoms with Crippen molar-refractivity contribution in [1.82, 2.24) is 0 Å². The van der Waals surface area contributed by atoms with Gasteiger partial charge >= 0.3 is 0 Å². The number of carbonyl (C=O) groups is 1. The number of carbonyl (C=O) groups excluding carboxylic acids is 1. The molecule has 0 heterocycles. The molecule has 0 N–H and O–H groups in total. The molecule has 0 aromatic heterocycles. The second kappa shape index (κ2) is 4.64. The van der Waals surface area contributed by atoms with Crippen LogP contribution in [0.3, 0.4) is 0 Å². The second-order valence-corrected chi connectivity index (χ2v) is 2.56. The zero-order valence-corrected chi connectivity index (χ0v) is 7.44. The van der Waals surface area contributed by atoms with Crippen molar-refractivity contribution in [3.8, 4) is 11.8 Å². The standard InChI is InChI=1S/C10H6ClFO/c11-5-1-2-9-6-8(7-13)3-4-10(9)12/h3-4,6-7H,5H2. The van der Waals surface area contributed by atoms with Crippen LogP contribution in [0.15, 0.2) is 18.2 Å². The van der Waals surface area contributed by atoms with Crippen LogP contribution < -0.4 is 0 Å². The predicted molar refractivity (Wildman–Crippen MR) is 49.4 cm³/mol. The second-order valence-electron chi connectivity index (χ2n) is 2.29. The van der Waals surface area contributed by atoms with Gasteiger partial charge in [0.1, 0.15) is 12.1 Å². The maximum atomic E-state index is 13.0. The van der Waals surface area contributed by atoms with Crippen molar-refractivity contribution < 1.29 is 9.18 Å². The lowest BCUT2D eigenvalue weighted by atomic mass is 10.1. The summed E-state index contributed by atoms with van der Waals surface area (Å²) >= 11 is 5.31. The molecule has 0 unspecified atom stereocenters. The van der Waals surface area contributed by atoms with Crippen LogP contribution in [-0.2, 0) is 0 Å². The minimum Gasteiger partial charge on any atom is -0.298 e. The number of halogens is 2. The summed E-state index contributed by atoms with van der Waals surface area (Å²) in [5.74, 6) is 4.74. The number of rotatable bonds is 1. The molecule has 0 radical (unpaired) electrons. The minimum absolute atomic E-state index is 0.144. The molecule has 0 fully saturated rings. The van der Waals surface area contributed by atoms with Gasteiger partial charge in [0.2, 0.25) is 0 Å². The van der Waals surface area contributed by atoms with Crippen molar-refractivity contribution in [2.75, 3.05) is 5.88 Å². The van der Waals surface area contributed by atoms with Gasteiger partial charge in [0.25, 0.3) is 0 Å². The van der Waals surface area contributed by atoms with E-state index in [-0.39, 0.29) is 11.4 Å². The van der Waals surface area contributed by atoms with Crippen LogP contribution in [0.25, 0.3) is 0 Å². The number of hydrogen-bond donors (Lipinski definition) is 0. The van der Waals surface area contributed by atoms with E-state index in [4.69, 9.17) is 11.6 Å². The SMILES string of the molecule is O=Cc1ccc(F)c(C#CCCl)c1. The predicted octanol–water partition coefficient (Wildman–Crippen LogP) is 2.23. The Morgan fingerprint density at radius 3 is 2.92 bits per heavy atom. The van der Waals surface area contributed by atoms with E-state index in [1.54, 1.807) is 0 Å². The third-order valence-corrected chi connectivity index (χ3v) is 1.55. The van der Waals surface area contributed by atoms with E-state index in [9.17, 15) is 9.18 Å². The Morgan fingerprint density at radius 1 is 1.54 bits per heavy atom. The van der Waals surface area contributed by atoms with Crippen LogP contribution in [-0.4, -0.2) is 12.2 Å². The Kier molecular flexibility index (Phi) is 3.48. The molecule has 1 aromatic rings. The highest BCUT2D eigenvalue weighted by atomic mass is 35.5. The Morgan fingerprint density at radius 2 is 2.31 bits per heavy atom. The zero-order valence-electron chi connectivity index (χ0n) is 6.68. The minimum atomic E-state index is -0.441. The Balaban J connectivity index is 3.11. The first-order valence-electron chi connectivity index (χ1n) is 3.57. The first kappa shape index (κ1) is 9.76. The van der Waals surface area contributed by atoms with Crippen LogP contribution in [0, 0.1) is 17.7 Å². The molecule has 0 aliphatic heterocycles. The smallest absolute Gasteiger partial charge is 0.150 e. The molecule has 1 aromatic carbocycles. The van der Waals surface area contributed by atoms with Gasteiger partial charge in [0, 0.05) is 5.56 Å². The van der Waals surface area contributed by atoms with Gasteiger partial charge in [-0.1, -0.05) is 11.8 Å². The number of benzene rings is 1. The highest BCUT2D eigenvalue weighted by Gasteiger charge is 1.99. The molecule has 1 nitrogen and oxygen atoms in total. The van der Waals surface area contributed by atoms with Crippen molar-refractivity contribution in [1.29, 1.82) is 0 Å². The van der Waals surface area contributed by atoms with E-state index in [0.717, 1.165) is 0 Å². The summed E-state index contributed by atoms with van der Waals surface area (Å²) in [6.07, 6.45) is 0.644. The number of alkyl halides is 1. The van der Waals surface area contributed by atoms with Gasteiger partial charge in [0.15, 0.2) is 0 Å². The zero-order chi connectivity index (χ0) is 9.68. The third kappa shape index (κ3) is 2.57. The molecule has 0 saturated carbocycles. The normalized spacial score (nSPS) is 8.77. The summed E-state index contributed by atoms with van der Waals surface area (Å²) < 4.78 is 13.0. The lowest BCUT2D eigenvalue weighted by molar-refractivity contribution is 0.112. The topological polar surface area (TPSA) is 17.1 Å². The Labute approximate surface area is 80.5 Å². The van der Waals surface area contributed by atoms with Crippen LogP contribution >= 0.6 is 11.6 Å².